The summed E-state index contributed by atoms with van der Waals surface area (Å²) in [6.45, 7) is 14.4. The zero-order valence-electron chi connectivity index (χ0n) is 38.1. The molecule has 3 aliphatic rings. The number of benzene rings is 2. The van der Waals surface area contributed by atoms with Crippen LogP contribution >= 0.6 is 11.3 Å². The van der Waals surface area contributed by atoms with Crippen molar-refractivity contribution in [2.45, 2.75) is 61.5 Å². The highest BCUT2D eigenvalue weighted by atomic mass is 32.2. The Morgan fingerprint density at radius 1 is 0.738 bits per heavy atom. The number of methoxy groups -OCH3 is 1. The molecule has 6 heterocycles. The average Bonchev–Trinajstić information content (AvgIpc) is 4.14. The molecule has 2 aromatic carbocycles. The van der Waals surface area contributed by atoms with Crippen LogP contribution in [0.5, 0.6) is 0 Å². The van der Waals surface area contributed by atoms with E-state index in [1.54, 1.807) is 29.9 Å². The number of piperazine rings is 3. The van der Waals surface area contributed by atoms with Gasteiger partial charge in [0.2, 0.25) is 0 Å². The first-order valence-electron chi connectivity index (χ1n) is 22.7. The molecule has 15 nitrogen and oxygen atoms in total. The Labute approximate surface area is 386 Å². The first kappa shape index (κ1) is 48.7. The molecule has 0 amide bonds. The summed E-state index contributed by atoms with van der Waals surface area (Å²) in [6, 6.07) is 13.5. The van der Waals surface area contributed by atoms with Crippen molar-refractivity contribution in [2.75, 3.05) is 111 Å². The van der Waals surface area contributed by atoms with Crippen molar-refractivity contribution >= 4 is 26.5 Å². The summed E-state index contributed by atoms with van der Waals surface area (Å²) in [6.07, 6.45) is 11.2. The van der Waals surface area contributed by atoms with Gasteiger partial charge in [-0.05, 0) is 75.5 Å². The van der Waals surface area contributed by atoms with Crippen LogP contribution < -0.4 is 10.2 Å². The molecule has 0 bridgehead atoms. The van der Waals surface area contributed by atoms with Gasteiger partial charge in [0, 0.05) is 111 Å². The van der Waals surface area contributed by atoms with Crippen LogP contribution in [0.4, 0.5) is 13.9 Å². The molecule has 0 spiro atoms. The molecular formula is C46H65F2N11O4S2. The summed E-state index contributed by atoms with van der Waals surface area (Å²) < 4.78 is 65.3. The number of anilines is 1. The van der Waals surface area contributed by atoms with E-state index < -0.39 is 10.0 Å². The normalized spacial score (nSPS) is 19.1. The van der Waals surface area contributed by atoms with E-state index in [9.17, 15) is 22.3 Å². The number of aromatic nitrogens is 5. The molecule has 0 radical (unpaired) electrons. The summed E-state index contributed by atoms with van der Waals surface area (Å²) in [4.78, 5) is 22.5. The third-order valence-corrected chi connectivity index (χ3v) is 16.4. The van der Waals surface area contributed by atoms with Gasteiger partial charge in [0.05, 0.1) is 54.4 Å². The van der Waals surface area contributed by atoms with Crippen molar-refractivity contribution < 1.29 is 27.0 Å². The van der Waals surface area contributed by atoms with Gasteiger partial charge in [-0.2, -0.15) is 4.31 Å². The number of hydrogen-bond donors (Lipinski definition) is 2. The van der Waals surface area contributed by atoms with Gasteiger partial charge in [-0.25, -0.2) is 32.2 Å². The molecule has 2 N–H and O–H groups in total. The number of nitrogens with one attached hydrogen (secondary N) is 1. The quantitative estimate of drug-likeness (QED) is 0.126. The highest BCUT2D eigenvalue weighted by molar-refractivity contribution is 7.91. The second-order valence-electron chi connectivity index (χ2n) is 17.1. The molecule has 0 saturated carbocycles. The molecule has 354 valence electrons. The summed E-state index contributed by atoms with van der Waals surface area (Å²) in [5.41, 5.74) is 4.24. The van der Waals surface area contributed by atoms with Gasteiger partial charge in [0.1, 0.15) is 11.6 Å². The Hall–Kier alpha value is -4.18. The van der Waals surface area contributed by atoms with Crippen LogP contribution in [0.15, 0.2) is 84.0 Å². The molecular weight excluding hydrogens is 873 g/mol. The molecule has 3 aromatic heterocycles. The molecule has 8 rings (SSSR count). The highest BCUT2D eigenvalue weighted by Crippen LogP contribution is 2.34. The van der Waals surface area contributed by atoms with Gasteiger partial charge in [-0.3, -0.25) is 9.80 Å². The van der Waals surface area contributed by atoms with Gasteiger partial charge in [-0.15, -0.1) is 0 Å². The number of sulfonamides is 1. The van der Waals surface area contributed by atoms with Crippen LogP contribution in [-0.2, 0) is 14.8 Å². The lowest BCUT2D eigenvalue weighted by Gasteiger charge is -2.39. The lowest BCUT2D eigenvalue weighted by Crippen LogP contribution is -2.49. The minimum atomic E-state index is -3.63. The standard InChI is InChI=1S/C27H38FN7O3S2.C19H27FN4O/c1-21(22-5-7-23(28)8-6-22)35-20-29-18-25(35)24(4-3-17-36)32-13-15-34(16-14-32)40(37,38)26-19-30-27(39-26)33-11-9-31(2)10-12-33;1-15(16-3-5-17(20)6-4-16)24-14-22-13-19(24)18(7-12-25-2)23-10-8-21-9-11-23/h5-8,18-21,24,36H,3-4,9-17H2,1-2H3;3-6,13-15,18,21H,7-12H2,1-2H3/t21-,24?;15-,18?/m11/s1. The summed E-state index contributed by atoms with van der Waals surface area (Å²) in [5, 5.41) is 13.8. The molecule has 3 aliphatic heterocycles. The third kappa shape index (κ3) is 12.1. The maximum absolute atomic E-state index is 13.5. The molecule has 3 fully saturated rings. The number of aliphatic hydroxyl groups excluding tert-OH is 1. The van der Waals surface area contributed by atoms with E-state index in [0.717, 1.165) is 80.7 Å². The van der Waals surface area contributed by atoms with Crippen LogP contribution in [0.25, 0.3) is 0 Å². The lowest BCUT2D eigenvalue weighted by molar-refractivity contribution is 0.115. The van der Waals surface area contributed by atoms with E-state index in [1.807, 2.05) is 30.9 Å². The number of ether oxygens (including phenoxy) is 1. The first-order valence-corrected chi connectivity index (χ1v) is 25.0. The smallest absolute Gasteiger partial charge is 0.254 e. The minimum Gasteiger partial charge on any atom is -0.396 e. The number of nitrogens with zero attached hydrogens (tertiary/aromatic N) is 10. The molecule has 65 heavy (non-hydrogen) atoms. The van der Waals surface area contributed by atoms with E-state index in [4.69, 9.17) is 4.74 Å². The van der Waals surface area contributed by atoms with Gasteiger partial charge in [-0.1, -0.05) is 35.6 Å². The van der Waals surface area contributed by atoms with E-state index in [-0.39, 0.29) is 46.6 Å². The van der Waals surface area contributed by atoms with Crippen LogP contribution in [0.1, 0.15) is 79.8 Å². The van der Waals surface area contributed by atoms with Crippen molar-refractivity contribution in [3.05, 3.63) is 114 Å². The first-order chi connectivity index (χ1) is 31.5. The Morgan fingerprint density at radius 2 is 1.26 bits per heavy atom. The van der Waals surface area contributed by atoms with E-state index >= 15 is 0 Å². The van der Waals surface area contributed by atoms with Crippen molar-refractivity contribution in [3.63, 3.8) is 0 Å². The molecule has 0 aliphatic carbocycles. The number of thiazole rings is 1. The SMILES string of the molecule is COCCC(c1cncn1[C@H](C)c1ccc(F)cc1)N1CCNCC1.C[C@H](c1ccc(F)cc1)n1cncc1C(CCCO)N1CCN(S(=O)(=O)c2cnc(N3CCN(C)CC3)s2)CC1. The van der Waals surface area contributed by atoms with E-state index in [0.29, 0.717) is 45.6 Å². The number of imidazole rings is 2. The fraction of sp³-hybridized carbons (Fsp3) is 0.543. The largest absolute Gasteiger partial charge is 0.396 e. The second-order valence-corrected chi connectivity index (χ2v) is 20.2. The number of likely N-dealkylation sites (N-methyl/N-ethyl adjacent to an activating group) is 1. The van der Waals surface area contributed by atoms with Crippen LogP contribution in [0, 0.1) is 11.6 Å². The number of aliphatic hydroxyl groups is 1. The molecule has 4 atom stereocenters. The number of hydrogen-bond acceptors (Lipinski definition) is 13. The minimum absolute atomic E-state index is 0.0327. The van der Waals surface area contributed by atoms with Gasteiger partial charge in [0.25, 0.3) is 10.0 Å². The Bertz CT molecular complexity index is 2310. The second kappa shape index (κ2) is 23.0. The van der Waals surface area contributed by atoms with Crippen molar-refractivity contribution in [1.82, 2.24) is 48.4 Å². The Balaban J connectivity index is 0.000000216. The summed E-state index contributed by atoms with van der Waals surface area (Å²) in [7, 11) is 0.195. The molecule has 2 unspecified atom stereocenters. The lowest BCUT2D eigenvalue weighted by atomic mass is 10.0. The van der Waals surface area contributed by atoms with Gasteiger partial charge in [0.15, 0.2) is 9.34 Å². The fourth-order valence-corrected chi connectivity index (χ4v) is 11.8. The monoisotopic (exact) mass is 937 g/mol. The molecule has 5 aromatic rings. The van der Waals surface area contributed by atoms with E-state index in [1.165, 1.54) is 47.5 Å². The van der Waals surface area contributed by atoms with E-state index in [2.05, 4.69) is 69.9 Å². The number of rotatable bonds is 17. The Kier molecular flexibility index (Phi) is 17.3. The van der Waals surface area contributed by atoms with Crippen molar-refractivity contribution in [2.24, 2.45) is 0 Å². The molecule has 3 saturated heterocycles. The van der Waals surface area contributed by atoms with Gasteiger partial charge >= 0.3 is 0 Å². The zero-order valence-corrected chi connectivity index (χ0v) is 39.7. The predicted molar refractivity (Wildman–Crippen MR) is 250 cm³/mol. The third-order valence-electron chi connectivity index (χ3n) is 13.0. The predicted octanol–water partition coefficient (Wildman–Crippen LogP) is 5.27. The highest BCUT2D eigenvalue weighted by Gasteiger charge is 2.35. The van der Waals surface area contributed by atoms with Crippen molar-refractivity contribution in [3.8, 4) is 0 Å². The summed E-state index contributed by atoms with van der Waals surface area (Å²) in [5.74, 6) is -0.482. The maximum atomic E-state index is 13.5. The Morgan fingerprint density at radius 3 is 1.78 bits per heavy atom. The van der Waals surface area contributed by atoms with Crippen molar-refractivity contribution in [1.29, 1.82) is 0 Å². The average molecular weight is 938 g/mol. The maximum Gasteiger partial charge on any atom is 0.254 e. The molecule has 19 heteroatoms. The number of halogens is 2. The summed E-state index contributed by atoms with van der Waals surface area (Å²) >= 11 is 1.25. The topological polar surface area (TPSA) is 140 Å². The van der Waals surface area contributed by atoms with Gasteiger partial charge < -0.3 is 34.1 Å². The van der Waals surface area contributed by atoms with Crippen LogP contribution in [0.2, 0.25) is 0 Å². The zero-order chi connectivity index (χ0) is 45.9. The fourth-order valence-electron chi connectivity index (χ4n) is 9.04. The van der Waals surface area contributed by atoms with Crippen LogP contribution in [0.3, 0.4) is 0 Å². The van der Waals surface area contributed by atoms with Crippen LogP contribution in [-0.4, -0.2) is 163 Å².